The van der Waals surface area contributed by atoms with Gasteiger partial charge in [0.25, 0.3) is 11.8 Å². The molecule has 0 aliphatic rings. The normalized spacial score (nSPS) is 12.5. The molecule has 0 radical (unpaired) electrons. The van der Waals surface area contributed by atoms with Crippen LogP contribution in [-0.2, 0) is 9.59 Å². The first-order chi connectivity index (χ1) is 15.0. The highest BCUT2D eigenvalue weighted by Crippen LogP contribution is 2.16. The molecule has 160 valence electrons. The summed E-state index contributed by atoms with van der Waals surface area (Å²) in [6.45, 7) is 0.0719. The van der Waals surface area contributed by atoms with Crippen molar-refractivity contribution in [3.05, 3.63) is 90.2 Å². The minimum atomic E-state index is -0.632. The lowest BCUT2D eigenvalue weighted by Gasteiger charge is -2.24. The zero-order chi connectivity index (χ0) is 22.2. The Hall–Kier alpha value is -3.71. The number of hydrogen-bond acceptors (Lipinski definition) is 3. The van der Waals surface area contributed by atoms with Crippen molar-refractivity contribution in [3.8, 4) is 5.75 Å². The second-order valence-corrected chi connectivity index (χ2v) is 7.14. The average Bonchev–Trinajstić information content (AvgIpc) is 2.76. The van der Waals surface area contributed by atoms with Crippen LogP contribution in [0.3, 0.4) is 0 Å². The fraction of sp³-hybridized carbons (Fsp3) is 0.167. The van der Waals surface area contributed by atoms with Crippen LogP contribution in [-0.4, -0.2) is 32.5 Å². The highest BCUT2D eigenvalue weighted by molar-refractivity contribution is 5.95. The molecule has 0 saturated carbocycles. The van der Waals surface area contributed by atoms with Gasteiger partial charge in [0, 0.05) is 16.9 Å². The number of carbonyl (C=O) groups is 2. The number of ether oxygens (including phenoxy) is 1. The van der Waals surface area contributed by atoms with Crippen molar-refractivity contribution >= 4 is 23.2 Å². The number of halogens is 1. The van der Waals surface area contributed by atoms with Crippen LogP contribution in [0, 0.1) is 5.82 Å². The zero-order valence-electron chi connectivity index (χ0n) is 17.4. The third-order valence-electron chi connectivity index (χ3n) is 4.81. The first kappa shape index (κ1) is 22.0. The molecule has 3 aromatic rings. The molecule has 3 aromatic carbocycles. The Morgan fingerprint density at radius 3 is 2.10 bits per heavy atom. The smallest absolute Gasteiger partial charge is 0.287 e. The van der Waals surface area contributed by atoms with E-state index in [1.54, 1.807) is 38.4 Å². The fourth-order valence-corrected chi connectivity index (χ4v) is 3.29. The number of likely N-dealkylation sites (N-methyl/N-ethyl adjacent to an activating group) is 1. The molecule has 0 saturated heterocycles. The maximum atomic E-state index is 13.2. The standard InChI is InChI=1S/C24H24FN3O3/c1-28(16-22(29)26-19-12-14-21(31-2)15-13-19)23(17-6-4-3-5-7-17)24(30)27-20-10-8-18(25)9-11-20/h3-15,23H,16H2,1-2H3,(H,26,29)(H,27,30)/p+1/t23-/m0/s1. The van der Waals surface area contributed by atoms with E-state index in [1.807, 2.05) is 30.3 Å². The van der Waals surface area contributed by atoms with E-state index in [4.69, 9.17) is 4.74 Å². The fourth-order valence-electron chi connectivity index (χ4n) is 3.29. The molecule has 0 spiro atoms. The van der Waals surface area contributed by atoms with E-state index in [-0.39, 0.29) is 24.2 Å². The maximum absolute atomic E-state index is 13.2. The quantitative estimate of drug-likeness (QED) is 0.523. The van der Waals surface area contributed by atoms with Crippen LogP contribution in [0.2, 0.25) is 0 Å². The second-order valence-electron chi connectivity index (χ2n) is 7.14. The van der Waals surface area contributed by atoms with E-state index >= 15 is 0 Å². The Kier molecular flexibility index (Phi) is 7.35. The first-order valence-corrected chi connectivity index (χ1v) is 9.84. The van der Waals surface area contributed by atoms with Crippen LogP contribution >= 0.6 is 0 Å². The van der Waals surface area contributed by atoms with Gasteiger partial charge in [0.05, 0.1) is 14.2 Å². The van der Waals surface area contributed by atoms with Gasteiger partial charge in [-0.15, -0.1) is 0 Å². The Labute approximate surface area is 180 Å². The molecule has 7 heteroatoms. The number of anilines is 2. The van der Waals surface area contributed by atoms with Gasteiger partial charge < -0.3 is 20.3 Å². The van der Waals surface area contributed by atoms with Gasteiger partial charge in [-0.3, -0.25) is 9.59 Å². The van der Waals surface area contributed by atoms with Crippen LogP contribution in [0.4, 0.5) is 15.8 Å². The SMILES string of the molecule is COc1ccc(NC(=O)C[NH+](C)[C@H](C(=O)Nc2ccc(F)cc2)c2ccccc2)cc1. The molecule has 2 amide bonds. The number of benzene rings is 3. The molecule has 6 nitrogen and oxygen atoms in total. The van der Waals surface area contributed by atoms with Crippen LogP contribution in [0.1, 0.15) is 11.6 Å². The molecule has 0 aliphatic heterocycles. The van der Waals surface area contributed by atoms with Crippen molar-refractivity contribution < 1.29 is 23.6 Å². The highest BCUT2D eigenvalue weighted by Gasteiger charge is 2.30. The summed E-state index contributed by atoms with van der Waals surface area (Å²) in [6, 6.07) is 21.2. The molecular weight excluding hydrogens is 397 g/mol. The number of quaternary nitrogens is 1. The summed E-state index contributed by atoms with van der Waals surface area (Å²) in [5.41, 5.74) is 1.91. The molecule has 0 heterocycles. The Balaban J connectivity index is 1.72. The number of hydrogen-bond donors (Lipinski definition) is 3. The van der Waals surface area contributed by atoms with Gasteiger partial charge in [-0.25, -0.2) is 4.39 Å². The second kappa shape index (κ2) is 10.4. The van der Waals surface area contributed by atoms with E-state index in [2.05, 4.69) is 10.6 Å². The van der Waals surface area contributed by atoms with E-state index in [0.29, 0.717) is 22.0 Å². The minimum absolute atomic E-state index is 0.0719. The van der Waals surface area contributed by atoms with Gasteiger partial charge in [0.2, 0.25) is 0 Å². The van der Waals surface area contributed by atoms with E-state index < -0.39 is 6.04 Å². The molecule has 3 N–H and O–H groups in total. The summed E-state index contributed by atoms with van der Waals surface area (Å²) in [5, 5.41) is 5.65. The molecule has 0 fully saturated rings. The van der Waals surface area contributed by atoms with E-state index in [0.717, 1.165) is 5.56 Å². The number of carbonyl (C=O) groups excluding carboxylic acids is 2. The van der Waals surface area contributed by atoms with Crippen molar-refractivity contribution in [1.29, 1.82) is 0 Å². The van der Waals surface area contributed by atoms with Crippen molar-refractivity contribution in [2.75, 3.05) is 31.3 Å². The number of methoxy groups -OCH3 is 1. The van der Waals surface area contributed by atoms with Crippen molar-refractivity contribution in [1.82, 2.24) is 0 Å². The van der Waals surface area contributed by atoms with E-state index in [1.165, 1.54) is 24.3 Å². The lowest BCUT2D eigenvalue weighted by molar-refractivity contribution is -0.893. The van der Waals surface area contributed by atoms with Gasteiger partial charge in [0.1, 0.15) is 11.6 Å². The molecular formula is C24H25FN3O3+. The van der Waals surface area contributed by atoms with Gasteiger partial charge in [-0.05, 0) is 48.5 Å². The summed E-state index contributed by atoms with van der Waals surface area (Å²) in [5.74, 6) is -0.191. The first-order valence-electron chi connectivity index (χ1n) is 9.84. The summed E-state index contributed by atoms with van der Waals surface area (Å²) < 4.78 is 18.3. The molecule has 1 unspecified atom stereocenters. The molecule has 0 aliphatic carbocycles. The highest BCUT2D eigenvalue weighted by atomic mass is 19.1. The van der Waals surface area contributed by atoms with Crippen molar-refractivity contribution in [3.63, 3.8) is 0 Å². The average molecular weight is 422 g/mol. The maximum Gasteiger partial charge on any atom is 0.287 e. The Bertz CT molecular complexity index is 1010. The number of rotatable bonds is 8. The van der Waals surface area contributed by atoms with E-state index in [9.17, 15) is 14.0 Å². The van der Waals surface area contributed by atoms with Crippen molar-refractivity contribution in [2.45, 2.75) is 6.04 Å². The Morgan fingerprint density at radius 2 is 1.48 bits per heavy atom. The van der Waals surface area contributed by atoms with Crippen LogP contribution in [0.5, 0.6) is 5.75 Å². The van der Waals surface area contributed by atoms with Gasteiger partial charge in [-0.2, -0.15) is 0 Å². The summed E-state index contributed by atoms with van der Waals surface area (Å²) in [4.78, 5) is 26.4. The summed E-state index contributed by atoms with van der Waals surface area (Å²) >= 11 is 0. The third-order valence-corrected chi connectivity index (χ3v) is 4.81. The predicted octanol–water partition coefficient (Wildman–Crippen LogP) is 2.67. The molecule has 0 bridgehead atoms. The topological polar surface area (TPSA) is 71.9 Å². The molecule has 31 heavy (non-hydrogen) atoms. The molecule has 3 rings (SSSR count). The molecule has 0 aromatic heterocycles. The number of amides is 2. The van der Waals surface area contributed by atoms with Crippen LogP contribution < -0.4 is 20.3 Å². The summed E-state index contributed by atoms with van der Waals surface area (Å²) in [7, 11) is 3.36. The Morgan fingerprint density at radius 1 is 0.903 bits per heavy atom. The van der Waals surface area contributed by atoms with Crippen LogP contribution in [0.25, 0.3) is 0 Å². The third kappa shape index (κ3) is 6.13. The zero-order valence-corrected chi connectivity index (χ0v) is 17.4. The molecule has 2 atom stereocenters. The van der Waals surface area contributed by atoms with Crippen molar-refractivity contribution in [2.24, 2.45) is 0 Å². The lowest BCUT2D eigenvalue weighted by Crippen LogP contribution is -3.11. The largest absolute Gasteiger partial charge is 0.497 e. The van der Waals surface area contributed by atoms with Gasteiger partial charge in [-0.1, -0.05) is 30.3 Å². The van der Waals surface area contributed by atoms with Crippen LogP contribution in [0.15, 0.2) is 78.9 Å². The predicted molar refractivity (Wildman–Crippen MR) is 118 cm³/mol. The lowest BCUT2D eigenvalue weighted by atomic mass is 10.0. The number of nitrogens with one attached hydrogen (secondary N) is 3. The minimum Gasteiger partial charge on any atom is -0.497 e. The summed E-state index contributed by atoms with van der Waals surface area (Å²) in [6.07, 6.45) is 0. The van der Waals surface area contributed by atoms with Gasteiger partial charge >= 0.3 is 0 Å². The van der Waals surface area contributed by atoms with Gasteiger partial charge in [0.15, 0.2) is 12.6 Å². The monoisotopic (exact) mass is 422 g/mol.